The van der Waals surface area contributed by atoms with Crippen molar-refractivity contribution in [1.82, 2.24) is 5.32 Å². The van der Waals surface area contributed by atoms with Gasteiger partial charge in [0.1, 0.15) is 17.3 Å². The van der Waals surface area contributed by atoms with Gasteiger partial charge in [-0.3, -0.25) is 4.79 Å². The number of nitrogens with one attached hydrogen (secondary N) is 1. The highest BCUT2D eigenvalue weighted by atomic mass is 16.5. The predicted octanol–water partition coefficient (Wildman–Crippen LogP) is 2.25. The summed E-state index contributed by atoms with van der Waals surface area (Å²) >= 11 is 0. The number of aliphatic hydroxyl groups excluding tert-OH is 1. The van der Waals surface area contributed by atoms with E-state index in [1.165, 1.54) is 7.11 Å². The fourth-order valence-electron chi connectivity index (χ4n) is 2.10. The van der Waals surface area contributed by atoms with E-state index in [0.29, 0.717) is 17.9 Å². The van der Waals surface area contributed by atoms with Gasteiger partial charge >= 0.3 is 0 Å². The number of amides is 1. The van der Waals surface area contributed by atoms with Crippen molar-refractivity contribution in [2.75, 3.05) is 7.11 Å². The predicted molar refractivity (Wildman–Crippen MR) is 78.0 cm³/mol. The minimum absolute atomic E-state index is 0.322. The number of carbonyl (C=O) groups excluding carboxylic acids is 1. The zero-order chi connectivity index (χ0) is 15.4. The maximum atomic E-state index is 12.0. The summed E-state index contributed by atoms with van der Waals surface area (Å²) in [6, 6.07) is 8.67. The molecule has 1 atom stereocenters. The molecule has 2 aromatic rings. The molecule has 0 spiro atoms. The third-order valence-corrected chi connectivity index (χ3v) is 3.25. The lowest BCUT2D eigenvalue weighted by Gasteiger charge is -2.12. The molecule has 0 aliphatic rings. The fraction of sp³-hybridized carbons (Fsp3) is 0.312. The number of furan rings is 1. The van der Waals surface area contributed by atoms with Crippen LogP contribution in [0.4, 0.5) is 0 Å². The van der Waals surface area contributed by atoms with E-state index in [1.807, 2.05) is 19.9 Å². The first kappa shape index (κ1) is 15.1. The Morgan fingerprint density at radius 1 is 1.38 bits per heavy atom. The molecule has 5 nitrogen and oxygen atoms in total. The Bertz CT molecular complexity index is 633. The Labute approximate surface area is 123 Å². The van der Waals surface area contributed by atoms with Crippen LogP contribution in [0.15, 0.2) is 34.7 Å². The number of benzene rings is 1. The average molecular weight is 289 g/mol. The largest absolute Gasteiger partial charge is 0.497 e. The molecule has 1 amide bonds. The smallest absolute Gasteiger partial charge is 0.253 e. The van der Waals surface area contributed by atoms with E-state index < -0.39 is 12.0 Å². The van der Waals surface area contributed by atoms with Crippen LogP contribution in [-0.2, 0) is 11.3 Å². The first-order valence-corrected chi connectivity index (χ1v) is 6.67. The summed E-state index contributed by atoms with van der Waals surface area (Å²) in [6.45, 7) is 4.01. The molecule has 1 heterocycles. The molecule has 2 rings (SSSR count). The third kappa shape index (κ3) is 3.64. The Balaban J connectivity index is 2.00. The van der Waals surface area contributed by atoms with Gasteiger partial charge in [-0.05, 0) is 37.6 Å². The minimum atomic E-state index is -1.23. The molecule has 1 aromatic heterocycles. The van der Waals surface area contributed by atoms with Crippen LogP contribution in [0.25, 0.3) is 0 Å². The summed E-state index contributed by atoms with van der Waals surface area (Å²) in [5, 5.41) is 12.8. The van der Waals surface area contributed by atoms with Crippen molar-refractivity contribution >= 4 is 5.91 Å². The molecule has 0 aliphatic carbocycles. The number of aryl methyl sites for hydroxylation is 2. The standard InChI is InChI=1S/C16H19NO4/c1-10-7-13(11(2)21-10)9-17-16(19)15(18)12-5-4-6-14(8-12)20-3/h4-8,15,18H,9H2,1-3H3,(H,17,19). The number of rotatable bonds is 5. The summed E-state index contributed by atoms with van der Waals surface area (Å²) < 4.78 is 10.5. The fourth-order valence-corrected chi connectivity index (χ4v) is 2.10. The topological polar surface area (TPSA) is 71.7 Å². The van der Waals surface area contributed by atoms with E-state index in [4.69, 9.17) is 9.15 Å². The minimum Gasteiger partial charge on any atom is -0.497 e. The Morgan fingerprint density at radius 2 is 2.14 bits per heavy atom. The zero-order valence-corrected chi connectivity index (χ0v) is 12.3. The van der Waals surface area contributed by atoms with E-state index in [2.05, 4.69) is 5.32 Å². The Kier molecular flexibility index (Phi) is 4.65. The quantitative estimate of drug-likeness (QED) is 0.885. The molecule has 5 heteroatoms. The van der Waals surface area contributed by atoms with Crippen LogP contribution in [0.1, 0.15) is 28.8 Å². The molecule has 2 N–H and O–H groups in total. The summed E-state index contributed by atoms with van der Waals surface area (Å²) in [5.41, 5.74) is 1.39. The molecule has 0 aliphatic heterocycles. The van der Waals surface area contributed by atoms with Crippen LogP contribution in [0, 0.1) is 13.8 Å². The van der Waals surface area contributed by atoms with Crippen LogP contribution in [-0.4, -0.2) is 18.1 Å². The van der Waals surface area contributed by atoms with Gasteiger partial charge in [0.15, 0.2) is 6.10 Å². The summed E-state index contributed by atoms with van der Waals surface area (Å²) in [4.78, 5) is 12.0. The summed E-state index contributed by atoms with van der Waals surface area (Å²) in [7, 11) is 1.54. The van der Waals surface area contributed by atoms with Gasteiger partial charge < -0.3 is 19.6 Å². The van der Waals surface area contributed by atoms with Crippen LogP contribution in [0.5, 0.6) is 5.75 Å². The highest BCUT2D eigenvalue weighted by Crippen LogP contribution is 2.19. The molecule has 0 bridgehead atoms. The monoisotopic (exact) mass is 289 g/mol. The van der Waals surface area contributed by atoms with Crippen LogP contribution in [0.2, 0.25) is 0 Å². The number of carbonyl (C=O) groups is 1. The van der Waals surface area contributed by atoms with Crippen LogP contribution in [0.3, 0.4) is 0 Å². The van der Waals surface area contributed by atoms with Gasteiger partial charge in [-0.2, -0.15) is 0 Å². The van der Waals surface area contributed by atoms with Gasteiger partial charge in [-0.15, -0.1) is 0 Å². The highest BCUT2D eigenvalue weighted by molar-refractivity contribution is 5.82. The average Bonchev–Trinajstić information content (AvgIpc) is 2.82. The maximum absolute atomic E-state index is 12.0. The second kappa shape index (κ2) is 6.45. The van der Waals surface area contributed by atoms with Crippen molar-refractivity contribution in [2.45, 2.75) is 26.5 Å². The molecule has 0 saturated heterocycles. The second-order valence-corrected chi connectivity index (χ2v) is 4.84. The van der Waals surface area contributed by atoms with E-state index in [-0.39, 0.29) is 0 Å². The van der Waals surface area contributed by atoms with E-state index >= 15 is 0 Å². The Hall–Kier alpha value is -2.27. The van der Waals surface area contributed by atoms with Crippen molar-refractivity contribution in [1.29, 1.82) is 0 Å². The molecule has 21 heavy (non-hydrogen) atoms. The molecule has 0 fully saturated rings. The van der Waals surface area contributed by atoms with Crippen molar-refractivity contribution in [3.63, 3.8) is 0 Å². The van der Waals surface area contributed by atoms with Crippen molar-refractivity contribution in [2.24, 2.45) is 0 Å². The third-order valence-electron chi connectivity index (χ3n) is 3.25. The van der Waals surface area contributed by atoms with Gasteiger partial charge in [0.05, 0.1) is 7.11 Å². The van der Waals surface area contributed by atoms with E-state index in [1.54, 1.807) is 24.3 Å². The molecule has 1 aromatic carbocycles. The van der Waals surface area contributed by atoms with Gasteiger partial charge in [0.25, 0.3) is 5.91 Å². The zero-order valence-electron chi connectivity index (χ0n) is 12.3. The second-order valence-electron chi connectivity index (χ2n) is 4.84. The van der Waals surface area contributed by atoms with Crippen molar-refractivity contribution < 1.29 is 19.1 Å². The number of ether oxygens (including phenoxy) is 1. The normalized spacial score (nSPS) is 12.0. The number of methoxy groups -OCH3 is 1. The lowest BCUT2D eigenvalue weighted by Crippen LogP contribution is -2.28. The van der Waals surface area contributed by atoms with E-state index in [9.17, 15) is 9.90 Å². The molecular formula is C16H19NO4. The van der Waals surface area contributed by atoms with Gasteiger partial charge in [-0.25, -0.2) is 0 Å². The number of hydrogen-bond acceptors (Lipinski definition) is 4. The van der Waals surface area contributed by atoms with Crippen molar-refractivity contribution in [3.05, 3.63) is 53.0 Å². The molecular weight excluding hydrogens is 270 g/mol. The first-order valence-electron chi connectivity index (χ1n) is 6.67. The first-order chi connectivity index (χ1) is 10.0. The number of hydrogen-bond donors (Lipinski definition) is 2. The SMILES string of the molecule is COc1cccc(C(O)C(=O)NCc2cc(C)oc2C)c1. The highest BCUT2D eigenvalue weighted by Gasteiger charge is 2.18. The van der Waals surface area contributed by atoms with Gasteiger partial charge in [0, 0.05) is 12.1 Å². The molecule has 0 saturated carbocycles. The van der Waals surface area contributed by atoms with Crippen LogP contribution >= 0.6 is 0 Å². The lowest BCUT2D eigenvalue weighted by molar-refractivity contribution is -0.129. The van der Waals surface area contributed by atoms with Gasteiger partial charge in [0.2, 0.25) is 0 Å². The summed E-state index contributed by atoms with van der Waals surface area (Å²) in [6.07, 6.45) is -1.23. The molecule has 0 radical (unpaired) electrons. The van der Waals surface area contributed by atoms with E-state index in [0.717, 1.165) is 17.1 Å². The van der Waals surface area contributed by atoms with Gasteiger partial charge in [-0.1, -0.05) is 12.1 Å². The summed E-state index contributed by atoms with van der Waals surface area (Å²) in [5.74, 6) is 1.70. The molecule has 112 valence electrons. The maximum Gasteiger partial charge on any atom is 0.253 e. The Morgan fingerprint density at radius 3 is 2.76 bits per heavy atom. The van der Waals surface area contributed by atoms with Crippen molar-refractivity contribution in [3.8, 4) is 5.75 Å². The lowest BCUT2D eigenvalue weighted by atomic mass is 10.1. The number of aliphatic hydroxyl groups is 1. The van der Waals surface area contributed by atoms with Crippen LogP contribution < -0.4 is 10.1 Å². The molecule has 1 unspecified atom stereocenters.